The molecular weight excluding hydrogens is 250 g/mol. The molecule has 100 valence electrons. The van der Waals surface area contributed by atoms with Crippen molar-refractivity contribution in [1.82, 2.24) is 10.1 Å². The second-order valence-electron chi connectivity index (χ2n) is 4.61. The lowest BCUT2D eigenvalue weighted by Gasteiger charge is -2.07. The molecule has 1 aromatic heterocycles. The summed E-state index contributed by atoms with van der Waals surface area (Å²) >= 11 is 0. The molecule has 0 fully saturated rings. The van der Waals surface area contributed by atoms with Gasteiger partial charge >= 0.3 is 0 Å². The van der Waals surface area contributed by atoms with Crippen LogP contribution in [0.25, 0.3) is 22.5 Å². The number of hydrogen-bond acceptors (Lipinski definition) is 4. The van der Waals surface area contributed by atoms with Gasteiger partial charge in [-0.25, -0.2) is 0 Å². The van der Waals surface area contributed by atoms with Gasteiger partial charge in [-0.05, 0) is 29.7 Å². The van der Waals surface area contributed by atoms with E-state index in [4.69, 9.17) is 10.3 Å². The number of nitrogens with two attached hydrogens (primary N) is 1. The maximum Gasteiger partial charge on any atom is 0.240 e. The van der Waals surface area contributed by atoms with Crippen LogP contribution in [0, 0.1) is 6.92 Å². The van der Waals surface area contributed by atoms with E-state index in [1.165, 1.54) is 16.7 Å². The Hall–Kier alpha value is -2.46. The topological polar surface area (TPSA) is 64.9 Å². The maximum atomic E-state index is 5.49. The maximum absolute atomic E-state index is 5.49. The van der Waals surface area contributed by atoms with Gasteiger partial charge in [-0.3, -0.25) is 0 Å². The number of rotatable bonds is 3. The van der Waals surface area contributed by atoms with Crippen LogP contribution >= 0.6 is 0 Å². The first kappa shape index (κ1) is 12.6. The molecule has 0 aliphatic carbocycles. The van der Waals surface area contributed by atoms with Crippen LogP contribution < -0.4 is 5.73 Å². The van der Waals surface area contributed by atoms with Crippen molar-refractivity contribution < 1.29 is 4.52 Å². The molecule has 0 radical (unpaired) electrons. The summed E-state index contributed by atoms with van der Waals surface area (Å²) in [7, 11) is 0. The van der Waals surface area contributed by atoms with E-state index in [9.17, 15) is 0 Å². The zero-order valence-corrected chi connectivity index (χ0v) is 11.2. The van der Waals surface area contributed by atoms with Crippen LogP contribution in [0.2, 0.25) is 0 Å². The highest BCUT2D eigenvalue weighted by Gasteiger charge is 2.10. The van der Waals surface area contributed by atoms with E-state index in [0.29, 0.717) is 11.7 Å². The quantitative estimate of drug-likeness (QED) is 0.790. The highest BCUT2D eigenvalue weighted by atomic mass is 16.5. The van der Waals surface area contributed by atoms with Crippen molar-refractivity contribution in [3.63, 3.8) is 0 Å². The number of aryl methyl sites for hydroxylation is 1. The first-order valence-electron chi connectivity index (χ1n) is 6.47. The second-order valence-corrected chi connectivity index (χ2v) is 4.61. The number of aromatic nitrogens is 2. The van der Waals surface area contributed by atoms with Gasteiger partial charge in [0, 0.05) is 5.56 Å². The summed E-state index contributed by atoms with van der Waals surface area (Å²) in [5.41, 5.74) is 9.97. The van der Waals surface area contributed by atoms with Crippen molar-refractivity contribution >= 4 is 0 Å². The smallest absolute Gasteiger partial charge is 0.240 e. The predicted molar refractivity (Wildman–Crippen MR) is 77.8 cm³/mol. The zero-order chi connectivity index (χ0) is 13.9. The molecule has 3 rings (SSSR count). The van der Waals surface area contributed by atoms with Crippen molar-refractivity contribution in [3.8, 4) is 22.5 Å². The molecule has 4 heteroatoms. The third-order valence-electron chi connectivity index (χ3n) is 3.22. The van der Waals surface area contributed by atoms with Crippen molar-refractivity contribution in [2.24, 2.45) is 5.73 Å². The second kappa shape index (κ2) is 5.27. The molecule has 0 aliphatic heterocycles. The van der Waals surface area contributed by atoms with E-state index < -0.39 is 0 Å². The van der Waals surface area contributed by atoms with E-state index in [1.807, 2.05) is 24.3 Å². The van der Waals surface area contributed by atoms with Gasteiger partial charge in [0.05, 0.1) is 6.54 Å². The lowest BCUT2D eigenvalue weighted by molar-refractivity contribution is 0.380. The predicted octanol–water partition coefficient (Wildman–Crippen LogP) is 3.17. The van der Waals surface area contributed by atoms with Crippen LogP contribution in [-0.4, -0.2) is 10.1 Å². The van der Waals surface area contributed by atoms with E-state index in [-0.39, 0.29) is 6.54 Å². The van der Waals surface area contributed by atoms with Crippen LogP contribution in [0.15, 0.2) is 53.1 Å². The number of nitrogens with zero attached hydrogens (tertiary/aromatic N) is 2. The molecule has 2 aromatic carbocycles. The lowest BCUT2D eigenvalue weighted by atomic mass is 9.98. The van der Waals surface area contributed by atoms with Crippen LogP contribution in [0.1, 0.15) is 11.5 Å². The summed E-state index contributed by atoms with van der Waals surface area (Å²) in [6.45, 7) is 2.35. The average Bonchev–Trinajstić information content (AvgIpc) is 2.97. The molecule has 0 unspecified atom stereocenters. The fraction of sp³-hybridized carbons (Fsp3) is 0.125. The Labute approximate surface area is 117 Å². The normalized spacial score (nSPS) is 10.7. The molecule has 0 spiro atoms. The Balaban J connectivity index is 2.07. The fourth-order valence-electron chi connectivity index (χ4n) is 2.14. The third-order valence-corrected chi connectivity index (χ3v) is 3.22. The van der Waals surface area contributed by atoms with Crippen LogP contribution in [-0.2, 0) is 6.54 Å². The van der Waals surface area contributed by atoms with Gasteiger partial charge in [-0.1, -0.05) is 47.6 Å². The lowest BCUT2D eigenvalue weighted by Crippen LogP contribution is -1.95. The molecule has 0 amide bonds. The third kappa shape index (κ3) is 2.33. The summed E-state index contributed by atoms with van der Waals surface area (Å²) in [5.74, 6) is 1.02. The minimum Gasteiger partial charge on any atom is -0.338 e. The SMILES string of the molecule is Cc1ccc(-c2noc(CN)n2)cc1-c1ccccc1. The van der Waals surface area contributed by atoms with Crippen LogP contribution in [0.3, 0.4) is 0 Å². The fourth-order valence-corrected chi connectivity index (χ4v) is 2.14. The molecule has 0 atom stereocenters. The molecule has 1 heterocycles. The summed E-state index contributed by atoms with van der Waals surface area (Å²) < 4.78 is 5.06. The van der Waals surface area contributed by atoms with Gasteiger partial charge in [0.1, 0.15) is 0 Å². The highest BCUT2D eigenvalue weighted by molar-refractivity contribution is 5.73. The minimum atomic E-state index is 0.254. The molecule has 3 aromatic rings. The molecule has 0 bridgehead atoms. The molecule has 2 N–H and O–H groups in total. The first-order chi connectivity index (χ1) is 9.78. The van der Waals surface area contributed by atoms with E-state index in [2.05, 4.69) is 41.3 Å². The summed E-state index contributed by atoms with van der Waals surface area (Å²) in [6.07, 6.45) is 0. The van der Waals surface area contributed by atoms with Gasteiger partial charge in [-0.15, -0.1) is 0 Å². The minimum absolute atomic E-state index is 0.254. The van der Waals surface area contributed by atoms with E-state index in [1.54, 1.807) is 0 Å². The van der Waals surface area contributed by atoms with Crippen LogP contribution in [0.4, 0.5) is 0 Å². The summed E-state index contributed by atoms with van der Waals surface area (Å²) in [6, 6.07) is 16.4. The largest absolute Gasteiger partial charge is 0.338 e. The summed E-state index contributed by atoms with van der Waals surface area (Å²) in [4.78, 5) is 4.26. The van der Waals surface area contributed by atoms with Crippen molar-refractivity contribution in [1.29, 1.82) is 0 Å². The zero-order valence-electron chi connectivity index (χ0n) is 11.2. The van der Waals surface area contributed by atoms with Gasteiger partial charge < -0.3 is 10.3 Å². The number of benzene rings is 2. The van der Waals surface area contributed by atoms with Gasteiger partial charge in [0.25, 0.3) is 0 Å². The monoisotopic (exact) mass is 265 g/mol. The van der Waals surface area contributed by atoms with Gasteiger partial charge in [0.15, 0.2) is 0 Å². The Morgan fingerprint density at radius 3 is 2.55 bits per heavy atom. The molecule has 4 nitrogen and oxygen atoms in total. The molecule has 20 heavy (non-hydrogen) atoms. The van der Waals surface area contributed by atoms with Gasteiger partial charge in [0.2, 0.25) is 11.7 Å². The Bertz CT molecular complexity index is 720. The molecule has 0 saturated carbocycles. The Morgan fingerprint density at radius 2 is 1.85 bits per heavy atom. The van der Waals surface area contributed by atoms with Crippen molar-refractivity contribution in [2.45, 2.75) is 13.5 Å². The highest BCUT2D eigenvalue weighted by Crippen LogP contribution is 2.28. The molecule has 0 aliphatic rings. The van der Waals surface area contributed by atoms with Gasteiger partial charge in [-0.2, -0.15) is 4.98 Å². The van der Waals surface area contributed by atoms with E-state index in [0.717, 1.165) is 5.56 Å². The molecule has 0 saturated heterocycles. The standard InChI is InChI=1S/C16H15N3O/c1-11-7-8-13(16-18-15(10-17)20-19-16)9-14(11)12-5-3-2-4-6-12/h2-9H,10,17H2,1H3. The number of hydrogen-bond donors (Lipinski definition) is 1. The Morgan fingerprint density at radius 1 is 1.05 bits per heavy atom. The Kier molecular flexibility index (Phi) is 3.31. The van der Waals surface area contributed by atoms with Crippen molar-refractivity contribution in [3.05, 3.63) is 60.0 Å². The van der Waals surface area contributed by atoms with E-state index >= 15 is 0 Å². The average molecular weight is 265 g/mol. The first-order valence-corrected chi connectivity index (χ1v) is 6.47. The van der Waals surface area contributed by atoms with Crippen molar-refractivity contribution in [2.75, 3.05) is 0 Å². The summed E-state index contributed by atoms with van der Waals surface area (Å²) in [5, 5.41) is 3.96. The van der Waals surface area contributed by atoms with Crippen LogP contribution in [0.5, 0.6) is 0 Å². The molecular formula is C16H15N3O.